The zero-order valence-corrected chi connectivity index (χ0v) is 15.5. The molecule has 9 heteroatoms. The molecule has 26 heavy (non-hydrogen) atoms. The second kappa shape index (κ2) is 7.43. The molecular weight excluding hydrogens is 340 g/mol. The van der Waals surface area contributed by atoms with Crippen LogP contribution in [0.2, 0.25) is 0 Å². The number of nitrogens with two attached hydrogens (primary N) is 1. The molecule has 2 rings (SSSR count). The van der Waals surface area contributed by atoms with Crippen molar-refractivity contribution in [3.05, 3.63) is 0 Å². The molecule has 6 amide bonds. The van der Waals surface area contributed by atoms with Crippen molar-refractivity contribution in [2.24, 2.45) is 11.1 Å². The number of hydrogen-bond acceptors (Lipinski definition) is 5. The first-order valence-electron chi connectivity index (χ1n) is 8.94. The van der Waals surface area contributed by atoms with Gasteiger partial charge in [-0.3, -0.25) is 29.0 Å². The van der Waals surface area contributed by atoms with Crippen LogP contribution in [0.15, 0.2) is 0 Å². The number of piperidine rings is 1. The van der Waals surface area contributed by atoms with Crippen LogP contribution in [-0.4, -0.2) is 70.5 Å². The van der Waals surface area contributed by atoms with Crippen molar-refractivity contribution in [3.63, 3.8) is 0 Å². The quantitative estimate of drug-likeness (QED) is 0.691. The summed E-state index contributed by atoms with van der Waals surface area (Å²) in [7, 11) is 1.31. The molecule has 2 heterocycles. The maximum atomic E-state index is 12.9. The van der Waals surface area contributed by atoms with E-state index in [2.05, 4.69) is 0 Å². The monoisotopic (exact) mass is 366 g/mol. The molecule has 9 nitrogen and oxygen atoms in total. The number of carbonyl (C=O) groups excluding carboxylic acids is 5. The Morgan fingerprint density at radius 3 is 2.27 bits per heavy atom. The summed E-state index contributed by atoms with van der Waals surface area (Å²) in [4.78, 5) is 65.2. The predicted molar refractivity (Wildman–Crippen MR) is 91.4 cm³/mol. The van der Waals surface area contributed by atoms with Crippen LogP contribution >= 0.6 is 0 Å². The van der Waals surface area contributed by atoms with Crippen LogP contribution in [0, 0.1) is 5.41 Å². The summed E-state index contributed by atoms with van der Waals surface area (Å²) in [6, 6.07) is -1.55. The molecule has 0 saturated carbocycles. The second-order valence-corrected chi connectivity index (χ2v) is 6.83. The fourth-order valence-corrected chi connectivity index (χ4v) is 3.77. The zero-order valence-electron chi connectivity index (χ0n) is 15.5. The lowest BCUT2D eigenvalue weighted by atomic mass is 9.78. The summed E-state index contributed by atoms with van der Waals surface area (Å²) in [5.74, 6) is -2.32. The number of rotatable bonds is 5. The normalized spacial score (nSPS) is 23.4. The third kappa shape index (κ3) is 3.06. The SMILES string of the molecule is CCC1(CC)C(=O)N(C)C(=O)N(CC(=O)N2CCCCC2C(N)=O)C1=O. The molecule has 2 aliphatic rings. The third-order valence-corrected chi connectivity index (χ3v) is 5.54. The van der Waals surface area contributed by atoms with Crippen molar-refractivity contribution in [3.8, 4) is 0 Å². The molecule has 0 aliphatic carbocycles. The van der Waals surface area contributed by atoms with Crippen LogP contribution in [0.1, 0.15) is 46.0 Å². The van der Waals surface area contributed by atoms with Crippen molar-refractivity contribution >= 4 is 29.7 Å². The molecule has 1 atom stereocenters. The van der Waals surface area contributed by atoms with Crippen LogP contribution in [0.3, 0.4) is 0 Å². The van der Waals surface area contributed by atoms with Crippen molar-refractivity contribution in [1.29, 1.82) is 0 Å². The molecule has 2 N–H and O–H groups in total. The van der Waals surface area contributed by atoms with Gasteiger partial charge in [-0.05, 0) is 32.1 Å². The summed E-state index contributed by atoms with van der Waals surface area (Å²) in [5.41, 5.74) is 4.04. The van der Waals surface area contributed by atoms with E-state index < -0.39 is 47.7 Å². The van der Waals surface area contributed by atoms with Gasteiger partial charge in [0.2, 0.25) is 23.6 Å². The first-order chi connectivity index (χ1) is 12.2. The smallest absolute Gasteiger partial charge is 0.333 e. The molecule has 0 aromatic rings. The van der Waals surface area contributed by atoms with Crippen molar-refractivity contribution in [1.82, 2.24) is 14.7 Å². The van der Waals surface area contributed by atoms with Crippen LogP contribution in [0.5, 0.6) is 0 Å². The molecule has 2 saturated heterocycles. The van der Waals surface area contributed by atoms with Crippen molar-refractivity contribution < 1.29 is 24.0 Å². The molecule has 0 spiro atoms. The highest BCUT2D eigenvalue weighted by Crippen LogP contribution is 2.35. The number of amides is 6. The average molecular weight is 366 g/mol. The van der Waals surface area contributed by atoms with Gasteiger partial charge in [0.15, 0.2) is 0 Å². The topological polar surface area (TPSA) is 121 Å². The minimum atomic E-state index is -1.34. The Hall–Kier alpha value is -2.45. The number of primary amides is 1. The zero-order chi connectivity index (χ0) is 19.6. The molecule has 0 radical (unpaired) electrons. The summed E-state index contributed by atoms with van der Waals surface area (Å²) in [6.07, 6.45) is 2.44. The van der Waals surface area contributed by atoms with Gasteiger partial charge in [-0.1, -0.05) is 13.8 Å². The van der Waals surface area contributed by atoms with Gasteiger partial charge in [0, 0.05) is 13.6 Å². The molecule has 0 bridgehead atoms. The van der Waals surface area contributed by atoms with E-state index in [4.69, 9.17) is 5.73 Å². The average Bonchev–Trinajstić information content (AvgIpc) is 2.64. The summed E-state index contributed by atoms with van der Waals surface area (Å²) in [6.45, 7) is 3.26. The first-order valence-corrected chi connectivity index (χ1v) is 8.94. The van der Waals surface area contributed by atoms with E-state index in [1.54, 1.807) is 13.8 Å². The molecule has 0 aromatic carbocycles. The Balaban J connectivity index is 2.27. The number of barbiturate groups is 1. The van der Waals surface area contributed by atoms with E-state index in [0.29, 0.717) is 13.0 Å². The number of imide groups is 2. The highest BCUT2D eigenvalue weighted by Gasteiger charge is 2.54. The molecule has 2 aliphatic heterocycles. The molecule has 1 unspecified atom stereocenters. The molecule has 0 aromatic heterocycles. The number of likely N-dealkylation sites (tertiary alicyclic amines) is 1. The van der Waals surface area contributed by atoms with Gasteiger partial charge in [-0.2, -0.15) is 0 Å². The summed E-state index contributed by atoms with van der Waals surface area (Å²) < 4.78 is 0. The van der Waals surface area contributed by atoms with E-state index >= 15 is 0 Å². The molecular formula is C17H26N4O5. The number of urea groups is 1. The van der Waals surface area contributed by atoms with Crippen LogP contribution in [0.4, 0.5) is 4.79 Å². The Morgan fingerprint density at radius 1 is 1.12 bits per heavy atom. The Kier molecular flexibility index (Phi) is 5.68. The first kappa shape index (κ1) is 19.9. The van der Waals surface area contributed by atoms with Gasteiger partial charge in [0.1, 0.15) is 18.0 Å². The lowest BCUT2D eigenvalue weighted by molar-refractivity contribution is -0.161. The largest absolute Gasteiger partial charge is 0.368 e. The van der Waals surface area contributed by atoms with Crippen LogP contribution in [-0.2, 0) is 19.2 Å². The second-order valence-electron chi connectivity index (χ2n) is 6.83. The fraction of sp³-hybridized carbons (Fsp3) is 0.706. The lowest BCUT2D eigenvalue weighted by Gasteiger charge is -2.43. The predicted octanol–water partition coefficient (Wildman–Crippen LogP) is 0.0798. The summed E-state index contributed by atoms with van der Waals surface area (Å²) >= 11 is 0. The number of carbonyl (C=O) groups is 5. The van der Waals surface area contributed by atoms with Crippen LogP contribution < -0.4 is 5.73 Å². The molecule has 2 fully saturated rings. The maximum absolute atomic E-state index is 12.9. The third-order valence-electron chi connectivity index (χ3n) is 5.54. The maximum Gasteiger partial charge on any atom is 0.333 e. The molecule has 144 valence electrons. The Morgan fingerprint density at radius 2 is 1.73 bits per heavy atom. The van der Waals surface area contributed by atoms with Gasteiger partial charge in [-0.25, -0.2) is 4.79 Å². The van der Waals surface area contributed by atoms with Crippen molar-refractivity contribution in [2.75, 3.05) is 20.1 Å². The minimum Gasteiger partial charge on any atom is -0.368 e. The number of nitrogens with zero attached hydrogens (tertiary/aromatic N) is 3. The van der Waals surface area contributed by atoms with E-state index in [1.165, 1.54) is 11.9 Å². The van der Waals surface area contributed by atoms with Crippen LogP contribution in [0.25, 0.3) is 0 Å². The summed E-state index contributed by atoms with van der Waals surface area (Å²) in [5, 5.41) is 0. The van der Waals surface area contributed by atoms with E-state index in [9.17, 15) is 24.0 Å². The Labute approximate surface area is 152 Å². The highest BCUT2D eigenvalue weighted by atomic mass is 16.2. The van der Waals surface area contributed by atoms with Crippen molar-refractivity contribution in [2.45, 2.75) is 52.0 Å². The van der Waals surface area contributed by atoms with Gasteiger partial charge in [0.25, 0.3) is 0 Å². The van der Waals surface area contributed by atoms with Gasteiger partial charge < -0.3 is 10.6 Å². The number of hydrogen-bond donors (Lipinski definition) is 1. The standard InChI is InChI=1S/C17H26N4O5/c1-4-17(5-2)14(24)19(3)16(26)21(15(17)25)10-12(22)20-9-7-6-8-11(20)13(18)23/h11H,4-10H2,1-3H3,(H2,18,23). The van der Waals surface area contributed by atoms with Gasteiger partial charge in [0.05, 0.1) is 0 Å². The highest BCUT2D eigenvalue weighted by molar-refractivity contribution is 6.19. The van der Waals surface area contributed by atoms with Gasteiger partial charge >= 0.3 is 6.03 Å². The van der Waals surface area contributed by atoms with E-state index in [1.807, 2.05) is 0 Å². The Bertz CT molecular complexity index is 643. The van der Waals surface area contributed by atoms with Gasteiger partial charge in [-0.15, -0.1) is 0 Å². The minimum absolute atomic E-state index is 0.233. The lowest BCUT2D eigenvalue weighted by Crippen LogP contribution is -2.65. The fourth-order valence-electron chi connectivity index (χ4n) is 3.77. The van der Waals surface area contributed by atoms with E-state index in [-0.39, 0.29) is 12.8 Å². The van der Waals surface area contributed by atoms with E-state index in [0.717, 1.165) is 22.6 Å².